The van der Waals surface area contributed by atoms with Gasteiger partial charge >= 0.3 is 0 Å². The van der Waals surface area contributed by atoms with Gasteiger partial charge in [0.2, 0.25) is 0 Å². The number of nitrogens with two attached hydrogens (primary N) is 1. The topological polar surface area (TPSA) is 58.7 Å². The normalized spacial score (nSPS) is 27.3. The fraction of sp³-hybridized carbons (Fsp3) is 0.467. The van der Waals surface area contributed by atoms with Crippen LogP contribution in [0, 0.1) is 5.92 Å². The second-order valence-electron chi connectivity index (χ2n) is 5.28. The number of guanidine groups is 1. The van der Waals surface area contributed by atoms with E-state index in [-0.39, 0.29) is 11.8 Å². The Bertz CT molecular complexity index is 521. The van der Waals surface area contributed by atoms with Crippen LogP contribution in [-0.2, 0) is 10.3 Å². The monoisotopic (exact) mass is 257 g/mol. The molecule has 2 aliphatic rings. The van der Waals surface area contributed by atoms with Crippen LogP contribution >= 0.6 is 0 Å². The summed E-state index contributed by atoms with van der Waals surface area (Å²) in [4.78, 5) is 19.1. The first-order chi connectivity index (χ1) is 9.20. The van der Waals surface area contributed by atoms with Gasteiger partial charge in [0.15, 0.2) is 11.5 Å². The van der Waals surface area contributed by atoms with Crippen LogP contribution in [0.25, 0.3) is 0 Å². The van der Waals surface area contributed by atoms with E-state index in [1.807, 2.05) is 37.3 Å². The minimum atomic E-state index is -0.764. The summed E-state index contributed by atoms with van der Waals surface area (Å²) < 4.78 is 0. The number of benzene rings is 1. The Morgan fingerprint density at radius 1 is 1.37 bits per heavy atom. The van der Waals surface area contributed by atoms with Crippen molar-refractivity contribution in [2.24, 2.45) is 16.6 Å². The molecular formula is C15H19N3O. The summed E-state index contributed by atoms with van der Waals surface area (Å²) in [5, 5.41) is 0. The van der Waals surface area contributed by atoms with E-state index in [0.717, 1.165) is 18.4 Å². The van der Waals surface area contributed by atoms with E-state index >= 15 is 0 Å². The predicted octanol–water partition coefficient (Wildman–Crippen LogP) is 1.86. The number of rotatable bonds is 3. The van der Waals surface area contributed by atoms with Crippen LogP contribution in [0.5, 0.6) is 0 Å². The second kappa shape index (κ2) is 4.37. The van der Waals surface area contributed by atoms with Crippen LogP contribution in [0.1, 0.15) is 31.7 Å². The summed E-state index contributed by atoms with van der Waals surface area (Å²) in [5.41, 5.74) is 6.18. The summed E-state index contributed by atoms with van der Waals surface area (Å²) in [7, 11) is 0. The molecule has 2 N–H and O–H groups in total. The van der Waals surface area contributed by atoms with Crippen molar-refractivity contribution in [1.29, 1.82) is 0 Å². The molecule has 4 nitrogen and oxygen atoms in total. The van der Waals surface area contributed by atoms with Gasteiger partial charge in [0, 0.05) is 6.54 Å². The lowest BCUT2D eigenvalue weighted by molar-refractivity contribution is -0.134. The van der Waals surface area contributed by atoms with Crippen LogP contribution < -0.4 is 5.73 Å². The van der Waals surface area contributed by atoms with Crippen LogP contribution in [0.4, 0.5) is 0 Å². The molecule has 1 aromatic rings. The molecule has 1 amide bonds. The zero-order valence-corrected chi connectivity index (χ0v) is 11.2. The molecule has 1 atom stereocenters. The molecule has 100 valence electrons. The molecule has 0 aromatic heterocycles. The van der Waals surface area contributed by atoms with Crippen molar-refractivity contribution in [1.82, 2.24) is 4.90 Å². The minimum Gasteiger partial charge on any atom is -0.369 e. The maximum Gasteiger partial charge on any atom is 0.262 e. The number of nitrogens with zero attached hydrogens (tertiary/aromatic N) is 2. The van der Waals surface area contributed by atoms with Gasteiger partial charge in [-0.2, -0.15) is 0 Å². The van der Waals surface area contributed by atoms with Gasteiger partial charge in [0.05, 0.1) is 0 Å². The summed E-state index contributed by atoms with van der Waals surface area (Å²) in [6.45, 7) is 2.51. The number of carbonyl (C=O) groups excluding carboxylic acids is 1. The third-order valence-corrected chi connectivity index (χ3v) is 4.36. The van der Waals surface area contributed by atoms with Crippen molar-refractivity contribution in [3.63, 3.8) is 0 Å². The van der Waals surface area contributed by atoms with Crippen LogP contribution in [0.2, 0.25) is 0 Å². The Hall–Kier alpha value is -1.84. The van der Waals surface area contributed by atoms with Crippen LogP contribution in [0.3, 0.4) is 0 Å². The van der Waals surface area contributed by atoms with Gasteiger partial charge in [-0.1, -0.05) is 36.8 Å². The first kappa shape index (κ1) is 12.2. The smallest absolute Gasteiger partial charge is 0.262 e. The molecule has 1 saturated carbocycles. The highest BCUT2D eigenvalue weighted by molar-refractivity contribution is 6.07. The molecule has 19 heavy (non-hydrogen) atoms. The van der Waals surface area contributed by atoms with Gasteiger partial charge < -0.3 is 5.73 Å². The zero-order chi connectivity index (χ0) is 13.5. The van der Waals surface area contributed by atoms with Crippen molar-refractivity contribution < 1.29 is 4.79 Å². The maximum absolute atomic E-state index is 12.8. The Kier molecular flexibility index (Phi) is 2.81. The van der Waals surface area contributed by atoms with Gasteiger partial charge in [-0.15, -0.1) is 0 Å². The number of likely N-dealkylation sites (N-methyl/N-ethyl adjacent to an activating group) is 1. The predicted molar refractivity (Wildman–Crippen MR) is 74.5 cm³/mol. The van der Waals surface area contributed by atoms with Crippen LogP contribution in [-0.4, -0.2) is 23.3 Å². The molecule has 1 unspecified atom stereocenters. The summed E-state index contributed by atoms with van der Waals surface area (Å²) in [6, 6.07) is 9.87. The number of aliphatic imine (C=N–C) groups is 1. The molecule has 1 aromatic carbocycles. The molecule has 1 aliphatic heterocycles. The van der Waals surface area contributed by atoms with Gasteiger partial charge in [0.25, 0.3) is 5.91 Å². The number of hydrogen-bond acceptors (Lipinski definition) is 3. The molecular weight excluding hydrogens is 238 g/mol. The zero-order valence-electron chi connectivity index (χ0n) is 11.2. The standard InChI is InChI=1S/C15H19N3O/c1-2-18-13(19)15(17-14(18)16,12-9-6-10-12)11-7-4-3-5-8-11/h3-5,7-8,12H,2,6,9-10H2,1H3,(H2,16,17). The van der Waals surface area contributed by atoms with E-state index in [9.17, 15) is 4.79 Å². The van der Waals surface area contributed by atoms with Crippen molar-refractivity contribution in [3.05, 3.63) is 35.9 Å². The average molecular weight is 257 g/mol. The van der Waals surface area contributed by atoms with E-state index in [1.54, 1.807) is 4.90 Å². The van der Waals surface area contributed by atoms with Crippen molar-refractivity contribution in [2.75, 3.05) is 6.54 Å². The van der Waals surface area contributed by atoms with E-state index in [0.29, 0.717) is 12.5 Å². The van der Waals surface area contributed by atoms with E-state index in [1.165, 1.54) is 6.42 Å². The van der Waals surface area contributed by atoms with Gasteiger partial charge in [-0.25, -0.2) is 4.99 Å². The molecule has 4 heteroatoms. The third-order valence-electron chi connectivity index (χ3n) is 4.36. The lowest BCUT2D eigenvalue weighted by atomic mass is 9.67. The summed E-state index contributed by atoms with van der Waals surface area (Å²) in [6.07, 6.45) is 3.28. The third kappa shape index (κ3) is 1.59. The molecule has 1 aliphatic carbocycles. The summed E-state index contributed by atoms with van der Waals surface area (Å²) >= 11 is 0. The Morgan fingerprint density at radius 3 is 2.53 bits per heavy atom. The highest BCUT2D eigenvalue weighted by Crippen LogP contribution is 2.48. The average Bonchev–Trinajstić information content (AvgIpc) is 2.61. The van der Waals surface area contributed by atoms with E-state index < -0.39 is 5.54 Å². The molecule has 1 fully saturated rings. The SMILES string of the molecule is CCN1C(=O)C(c2ccccc2)(C2CCC2)N=C1N. The maximum atomic E-state index is 12.8. The lowest BCUT2D eigenvalue weighted by Gasteiger charge is -2.39. The van der Waals surface area contributed by atoms with Gasteiger partial charge in [-0.05, 0) is 31.2 Å². The quantitative estimate of drug-likeness (QED) is 0.898. The van der Waals surface area contributed by atoms with Gasteiger partial charge in [0.1, 0.15) is 0 Å². The number of carbonyl (C=O) groups is 1. The Balaban J connectivity index is 2.12. The largest absolute Gasteiger partial charge is 0.369 e. The first-order valence-corrected chi connectivity index (χ1v) is 6.93. The minimum absolute atomic E-state index is 0.0448. The van der Waals surface area contributed by atoms with Crippen molar-refractivity contribution >= 4 is 11.9 Å². The fourth-order valence-corrected chi connectivity index (χ4v) is 3.11. The lowest BCUT2D eigenvalue weighted by Crippen LogP contribution is -2.48. The highest BCUT2D eigenvalue weighted by Gasteiger charge is 2.55. The number of amides is 1. The molecule has 0 spiro atoms. The molecule has 0 saturated heterocycles. The molecule has 0 bridgehead atoms. The van der Waals surface area contributed by atoms with E-state index in [2.05, 4.69) is 4.99 Å². The van der Waals surface area contributed by atoms with Crippen LogP contribution in [0.15, 0.2) is 35.3 Å². The Morgan fingerprint density at radius 2 is 2.05 bits per heavy atom. The Labute approximate surface area is 113 Å². The number of hydrogen-bond donors (Lipinski definition) is 1. The van der Waals surface area contributed by atoms with Gasteiger partial charge in [-0.3, -0.25) is 9.69 Å². The van der Waals surface area contributed by atoms with Crippen molar-refractivity contribution in [2.45, 2.75) is 31.7 Å². The fourth-order valence-electron chi connectivity index (χ4n) is 3.11. The highest BCUT2D eigenvalue weighted by atomic mass is 16.2. The molecule has 1 heterocycles. The molecule has 0 radical (unpaired) electrons. The van der Waals surface area contributed by atoms with E-state index in [4.69, 9.17) is 5.73 Å². The second-order valence-corrected chi connectivity index (χ2v) is 5.28. The first-order valence-electron chi connectivity index (χ1n) is 6.93. The summed E-state index contributed by atoms with van der Waals surface area (Å²) in [5.74, 6) is 0.698. The van der Waals surface area contributed by atoms with Crippen molar-refractivity contribution in [3.8, 4) is 0 Å². The molecule has 3 rings (SSSR count).